The summed E-state index contributed by atoms with van der Waals surface area (Å²) in [6.07, 6.45) is 0. The predicted octanol–water partition coefficient (Wildman–Crippen LogP) is 6.34. The smallest absolute Gasteiger partial charge is 0.264 e. The lowest BCUT2D eigenvalue weighted by molar-refractivity contribution is -0.139. The maximum atomic E-state index is 13.9. The molecule has 2 amide bonds. The molecule has 0 unspecified atom stereocenters. The number of nitrogens with one attached hydrogen (secondary N) is 1. The summed E-state index contributed by atoms with van der Waals surface area (Å²) in [5, 5.41) is 3.73. The van der Waals surface area contributed by atoms with Gasteiger partial charge in [0.2, 0.25) is 11.8 Å². The maximum absolute atomic E-state index is 13.9. The summed E-state index contributed by atoms with van der Waals surface area (Å²) in [7, 11) is -4.23. The van der Waals surface area contributed by atoms with Crippen LogP contribution in [0.3, 0.4) is 0 Å². The lowest BCUT2D eigenvalue weighted by atomic mass is 10.1. The molecule has 7 nitrogen and oxygen atoms in total. The Kier molecular flexibility index (Phi) is 10.9. The van der Waals surface area contributed by atoms with Gasteiger partial charge in [-0.25, -0.2) is 8.42 Å². The molecule has 0 aromatic heterocycles. The van der Waals surface area contributed by atoms with Gasteiger partial charge >= 0.3 is 0 Å². The highest BCUT2D eigenvalue weighted by atomic mass is 35.5. The maximum Gasteiger partial charge on any atom is 0.264 e. The summed E-state index contributed by atoms with van der Waals surface area (Å²) in [6.45, 7) is 7.23. The second kappa shape index (κ2) is 13.7. The van der Waals surface area contributed by atoms with Crippen molar-refractivity contribution in [3.63, 3.8) is 0 Å². The molecule has 214 valence electrons. The first-order valence-corrected chi connectivity index (χ1v) is 15.2. The minimum absolute atomic E-state index is 0.00823. The summed E-state index contributed by atoms with van der Waals surface area (Å²) >= 11 is 18.6. The average molecular weight is 625 g/mol. The van der Waals surface area contributed by atoms with Gasteiger partial charge < -0.3 is 10.2 Å². The zero-order chi connectivity index (χ0) is 29.6. The summed E-state index contributed by atoms with van der Waals surface area (Å²) < 4.78 is 28.7. The molecule has 0 bridgehead atoms. The second-order valence-corrected chi connectivity index (χ2v) is 13.1. The fourth-order valence-corrected chi connectivity index (χ4v) is 6.04. The molecule has 0 aliphatic rings. The van der Waals surface area contributed by atoms with Gasteiger partial charge in [0.15, 0.2) is 0 Å². The van der Waals surface area contributed by atoms with Crippen molar-refractivity contribution in [3.8, 4) is 0 Å². The van der Waals surface area contributed by atoms with E-state index in [1.54, 1.807) is 43.3 Å². The Balaban J connectivity index is 2.05. The highest BCUT2D eigenvalue weighted by molar-refractivity contribution is 7.92. The lowest BCUT2D eigenvalue weighted by Crippen LogP contribution is -2.51. The predicted molar refractivity (Wildman–Crippen MR) is 161 cm³/mol. The van der Waals surface area contributed by atoms with Crippen molar-refractivity contribution in [2.24, 2.45) is 5.92 Å². The standard InChI is InChI=1S/C29H32Cl3N3O4S/c1-19(2)16-33-29(37)21(4)34(17-22-6-5-7-23(30)12-22)28(36)18-35(26-14-24(31)13-25(32)15-26)40(38,39)27-10-8-20(3)9-11-27/h5-15,19,21H,16-18H2,1-4H3,(H,33,37)/t21-/m1/s1. The quantitative estimate of drug-likeness (QED) is 0.270. The highest BCUT2D eigenvalue weighted by Gasteiger charge is 2.33. The van der Waals surface area contributed by atoms with E-state index in [2.05, 4.69) is 5.32 Å². The van der Waals surface area contributed by atoms with Crippen LogP contribution in [0.5, 0.6) is 0 Å². The van der Waals surface area contributed by atoms with Crippen LogP contribution in [0.15, 0.2) is 71.6 Å². The highest BCUT2D eigenvalue weighted by Crippen LogP contribution is 2.30. The normalized spacial score (nSPS) is 12.2. The van der Waals surface area contributed by atoms with Crippen LogP contribution < -0.4 is 9.62 Å². The third-order valence-electron chi connectivity index (χ3n) is 6.12. The van der Waals surface area contributed by atoms with E-state index in [4.69, 9.17) is 34.8 Å². The first-order chi connectivity index (χ1) is 18.8. The number of anilines is 1. The number of hydrogen-bond donors (Lipinski definition) is 1. The molecule has 0 saturated carbocycles. The number of carbonyl (C=O) groups is 2. The van der Waals surface area contributed by atoms with Crippen LogP contribution in [0.4, 0.5) is 5.69 Å². The Hall–Kier alpha value is -2.78. The zero-order valence-electron chi connectivity index (χ0n) is 22.7. The van der Waals surface area contributed by atoms with Crippen LogP contribution in [0.25, 0.3) is 0 Å². The van der Waals surface area contributed by atoms with E-state index in [-0.39, 0.29) is 39.0 Å². The van der Waals surface area contributed by atoms with Crippen LogP contribution in [-0.4, -0.2) is 44.3 Å². The Morgan fingerprint density at radius 2 is 1.50 bits per heavy atom. The first kappa shape index (κ1) is 31.7. The summed E-state index contributed by atoms with van der Waals surface area (Å²) in [5.41, 5.74) is 1.68. The SMILES string of the molecule is Cc1ccc(S(=O)(=O)N(CC(=O)N(Cc2cccc(Cl)c2)[C@H](C)C(=O)NCC(C)C)c2cc(Cl)cc(Cl)c2)cc1. The molecular weight excluding hydrogens is 593 g/mol. The Morgan fingerprint density at radius 3 is 2.08 bits per heavy atom. The molecule has 0 radical (unpaired) electrons. The van der Waals surface area contributed by atoms with Crippen molar-refractivity contribution in [2.45, 2.75) is 45.2 Å². The van der Waals surface area contributed by atoms with Gasteiger partial charge in [-0.05, 0) is 67.8 Å². The van der Waals surface area contributed by atoms with Crippen molar-refractivity contribution in [1.29, 1.82) is 0 Å². The summed E-state index contributed by atoms with van der Waals surface area (Å²) in [6, 6.07) is 16.6. The van der Waals surface area contributed by atoms with Gasteiger partial charge in [-0.1, -0.05) is 78.5 Å². The number of nitrogens with zero attached hydrogens (tertiary/aromatic N) is 2. The molecule has 3 aromatic rings. The van der Waals surface area contributed by atoms with E-state index < -0.39 is 28.5 Å². The minimum atomic E-state index is -4.23. The molecule has 0 aliphatic heterocycles. The number of hydrogen-bond acceptors (Lipinski definition) is 4. The number of halogens is 3. The molecule has 0 saturated heterocycles. The van der Waals surface area contributed by atoms with E-state index >= 15 is 0 Å². The number of carbonyl (C=O) groups excluding carboxylic acids is 2. The zero-order valence-corrected chi connectivity index (χ0v) is 25.8. The van der Waals surface area contributed by atoms with Crippen LogP contribution in [-0.2, 0) is 26.2 Å². The average Bonchev–Trinajstić information content (AvgIpc) is 2.88. The molecule has 0 heterocycles. The number of sulfonamides is 1. The van der Waals surface area contributed by atoms with E-state index in [1.165, 1.54) is 35.2 Å². The Labute approximate surface area is 251 Å². The topological polar surface area (TPSA) is 86.8 Å². The molecule has 40 heavy (non-hydrogen) atoms. The molecule has 11 heteroatoms. The van der Waals surface area contributed by atoms with Gasteiger partial charge in [-0.15, -0.1) is 0 Å². The van der Waals surface area contributed by atoms with Crippen LogP contribution in [0.2, 0.25) is 15.1 Å². The Bertz CT molecular complexity index is 1440. The van der Waals surface area contributed by atoms with Crippen molar-refractivity contribution < 1.29 is 18.0 Å². The molecule has 3 aromatic carbocycles. The number of aryl methyl sites for hydroxylation is 1. The van der Waals surface area contributed by atoms with Crippen LogP contribution in [0, 0.1) is 12.8 Å². The van der Waals surface area contributed by atoms with E-state index in [0.29, 0.717) is 17.1 Å². The largest absolute Gasteiger partial charge is 0.354 e. The number of amides is 2. The molecular formula is C29H32Cl3N3O4S. The molecule has 0 aliphatic carbocycles. The minimum Gasteiger partial charge on any atom is -0.354 e. The third-order valence-corrected chi connectivity index (χ3v) is 8.58. The van der Waals surface area contributed by atoms with Gasteiger partial charge in [0.1, 0.15) is 12.6 Å². The van der Waals surface area contributed by atoms with Gasteiger partial charge in [0.05, 0.1) is 10.6 Å². The monoisotopic (exact) mass is 623 g/mol. The third kappa shape index (κ3) is 8.36. The molecule has 0 spiro atoms. The van der Waals surface area contributed by atoms with Crippen molar-refractivity contribution >= 4 is 62.3 Å². The molecule has 1 N–H and O–H groups in total. The number of benzene rings is 3. The van der Waals surface area contributed by atoms with Gasteiger partial charge in [0, 0.05) is 28.2 Å². The second-order valence-electron chi connectivity index (χ2n) is 9.92. The van der Waals surface area contributed by atoms with Crippen molar-refractivity contribution in [3.05, 3.63) is 92.9 Å². The number of rotatable bonds is 11. The molecule has 1 atom stereocenters. The summed E-state index contributed by atoms with van der Waals surface area (Å²) in [4.78, 5) is 28.3. The fraction of sp³-hybridized carbons (Fsp3) is 0.310. The Morgan fingerprint density at radius 1 is 0.875 bits per heavy atom. The fourth-order valence-electron chi connectivity index (χ4n) is 3.92. The first-order valence-electron chi connectivity index (χ1n) is 12.6. The summed E-state index contributed by atoms with van der Waals surface area (Å²) in [5.74, 6) is -0.752. The van der Waals surface area contributed by atoms with Gasteiger partial charge in [0.25, 0.3) is 10.0 Å². The van der Waals surface area contributed by atoms with Crippen LogP contribution >= 0.6 is 34.8 Å². The van der Waals surface area contributed by atoms with E-state index in [9.17, 15) is 18.0 Å². The van der Waals surface area contributed by atoms with Crippen LogP contribution in [0.1, 0.15) is 31.9 Å². The van der Waals surface area contributed by atoms with Gasteiger partial charge in [-0.2, -0.15) is 0 Å². The van der Waals surface area contributed by atoms with Crippen molar-refractivity contribution in [1.82, 2.24) is 10.2 Å². The van der Waals surface area contributed by atoms with Gasteiger partial charge in [-0.3, -0.25) is 13.9 Å². The van der Waals surface area contributed by atoms with E-state index in [0.717, 1.165) is 9.87 Å². The lowest BCUT2D eigenvalue weighted by Gasteiger charge is -2.32. The molecule has 0 fully saturated rings. The molecule has 3 rings (SSSR count). The van der Waals surface area contributed by atoms with E-state index in [1.807, 2.05) is 20.8 Å². The van der Waals surface area contributed by atoms with Crippen molar-refractivity contribution in [2.75, 3.05) is 17.4 Å².